The predicted octanol–water partition coefficient (Wildman–Crippen LogP) is 4.56. The molecule has 1 aliphatic carbocycles. The maximum atomic E-state index is 12.9. The van der Waals surface area contributed by atoms with Crippen LogP contribution in [0.4, 0.5) is 4.39 Å². The molecule has 1 N–H and O–H groups in total. The Labute approximate surface area is 161 Å². The smallest absolute Gasteiger partial charge is 0.306 e. The van der Waals surface area contributed by atoms with E-state index >= 15 is 0 Å². The van der Waals surface area contributed by atoms with Crippen LogP contribution in [0, 0.1) is 11.2 Å². The third-order valence-corrected chi connectivity index (χ3v) is 5.31. The molecule has 1 aliphatic rings. The van der Waals surface area contributed by atoms with E-state index in [-0.39, 0.29) is 23.8 Å². The molecule has 0 bridgehead atoms. The van der Waals surface area contributed by atoms with Crippen LogP contribution >= 0.6 is 0 Å². The van der Waals surface area contributed by atoms with E-state index in [1.54, 1.807) is 12.1 Å². The quantitative estimate of drug-likeness (QED) is 0.507. The van der Waals surface area contributed by atoms with Crippen molar-refractivity contribution in [3.63, 3.8) is 0 Å². The summed E-state index contributed by atoms with van der Waals surface area (Å²) in [5.41, 5.74) is 0.624. The zero-order valence-electron chi connectivity index (χ0n) is 16.6. The van der Waals surface area contributed by atoms with Gasteiger partial charge in [-0.1, -0.05) is 31.4 Å². The number of aryl methyl sites for hydroxylation is 1. The summed E-state index contributed by atoms with van der Waals surface area (Å²) >= 11 is 0. The summed E-state index contributed by atoms with van der Waals surface area (Å²) in [6.07, 6.45) is 7.22. The Bertz CT molecular complexity index is 606. The van der Waals surface area contributed by atoms with Gasteiger partial charge in [-0.2, -0.15) is 0 Å². The van der Waals surface area contributed by atoms with Gasteiger partial charge in [-0.15, -0.1) is 0 Å². The Morgan fingerprint density at radius 3 is 2.44 bits per heavy atom. The molecule has 1 fully saturated rings. The Kier molecular flexibility index (Phi) is 8.26. The lowest BCUT2D eigenvalue weighted by atomic mass is 9.70. The van der Waals surface area contributed by atoms with Crippen LogP contribution in [-0.2, 0) is 20.7 Å². The number of ether oxygens (including phenoxy) is 1. The van der Waals surface area contributed by atoms with E-state index in [4.69, 9.17) is 4.74 Å². The second kappa shape index (κ2) is 10.4. The molecule has 0 aliphatic heterocycles. The Balaban J connectivity index is 1.82. The van der Waals surface area contributed by atoms with Gasteiger partial charge in [0.05, 0.1) is 6.10 Å². The molecule has 1 amide bonds. The first-order chi connectivity index (χ1) is 12.9. The molecule has 1 aromatic carbocycles. The monoisotopic (exact) mass is 377 g/mol. The molecule has 0 heterocycles. The van der Waals surface area contributed by atoms with Crippen molar-refractivity contribution in [1.82, 2.24) is 5.32 Å². The second-order valence-corrected chi connectivity index (χ2v) is 7.87. The molecule has 0 spiro atoms. The molecule has 1 aromatic rings. The highest BCUT2D eigenvalue weighted by atomic mass is 19.1. The normalized spacial score (nSPS) is 16.1. The van der Waals surface area contributed by atoms with Crippen molar-refractivity contribution in [3.05, 3.63) is 35.6 Å². The zero-order valence-corrected chi connectivity index (χ0v) is 16.6. The summed E-state index contributed by atoms with van der Waals surface area (Å²) in [7, 11) is 0. The predicted molar refractivity (Wildman–Crippen MR) is 104 cm³/mol. The fraction of sp³-hybridized carbons (Fsp3) is 0.636. The highest BCUT2D eigenvalue weighted by Crippen LogP contribution is 2.40. The van der Waals surface area contributed by atoms with Gasteiger partial charge in [-0.3, -0.25) is 9.59 Å². The van der Waals surface area contributed by atoms with Crippen LogP contribution in [0.5, 0.6) is 0 Å². The van der Waals surface area contributed by atoms with Gasteiger partial charge in [-0.25, -0.2) is 4.39 Å². The van der Waals surface area contributed by atoms with Crippen molar-refractivity contribution >= 4 is 11.9 Å². The number of esters is 1. The molecule has 0 aromatic heterocycles. The summed E-state index contributed by atoms with van der Waals surface area (Å²) < 4.78 is 18.2. The third-order valence-electron chi connectivity index (χ3n) is 5.31. The zero-order chi connectivity index (χ0) is 19.7. The van der Waals surface area contributed by atoms with Gasteiger partial charge in [0.1, 0.15) is 5.82 Å². The minimum atomic E-state index is -0.440. The molecule has 27 heavy (non-hydrogen) atoms. The summed E-state index contributed by atoms with van der Waals surface area (Å²) in [5, 5.41) is 3.07. The molecule has 4 nitrogen and oxygen atoms in total. The standard InChI is InChI=1S/C22H32FNO3/c1-17(2)27-20(25)12-15-22(13-4-3-5-14-22)21(26)24-16-6-7-18-8-10-19(23)11-9-18/h8-11,17H,3-7,12-16H2,1-2H3,(H,24,26). The number of amides is 1. The van der Waals surface area contributed by atoms with E-state index < -0.39 is 5.41 Å². The van der Waals surface area contributed by atoms with Gasteiger partial charge in [0.25, 0.3) is 0 Å². The van der Waals surface area contributed by atoms with Gasteiger partial charge in [-0.05, 0) is 63.6 Å². The lowest BCUT2D eigenvalue weighted by molar-refractivity contribution is -0.148. The summed E-state index contributed by atoms with van der Waals surface area (Å²) in [6, 6.07) is 6.47. The van der Waals surface area contributed by atoms with Crippen molar-refractivity contribution in [2.24, 2.45) is 5.41 Å². The third kappa shape index (κ3) is 6.96. The van der Waals surface area contributed by atoms with Gasteiger partial charge in [0, 0.05) is 18.4 Å². The van der Waals surface area contributed by atoms with E-state index in [0.717, 1.165) is 50.5 Å². The number of rotatable bonds is 9. The first-order valence-electron chi connectivity index (χ1n) is 10.1. The average Bonchev–Trinajstić information content (AvgIpc) is 2.65. The number of hydrogen-bond acceptors (Lipinski definition) is 3. The molecule has 0 radical (unpaired) electrons. The van der Waals surface area contributed by atoms with Crippen LogP contribution in [0.1, 0.15) is 70.8 Å². The lowest BCUT2D eigenvalue weighted by Crippen LogP contribution is -2.43. The van der Waals surface area contributed by atoms with Crippen molar-refractivity contribution in [2.45, 2.75) is 77.7 Å². The Morgan fingerprint density at radius 2 is 1.81 bits per heavy atom. The van der Waals surface area contributed by atoms with E-state index in [1.807, 2.05) is 13.8 Å². The molecule has 150 valence electrons. The summed E-state index contributed by atoms with van der Waals surface area (Å²) in [4.78, 5) is 24.8. The van der Waals surface area contributed by atoms with Crippen molar-refractivity contribution < 1.29 is 18.7 Å². The molecular weight excluding hydrogens is 345 g/mol. The number of nitrogens with one attached hydrogen (secondary N) is 1. The minimum absolute atomic E-state index is 0.0682. The molecule has 0 saturated heterocycles. The van der Waals surface area contributed by atoms with Gasteiger partial charge >= 0.3 is 5.97 Å². The lowest BCUT2D eigenvalue weighted by Gasteiger charge is -2.35. The van der Waals surface area contributed by atoms with Crippen LogP contribution in [0.25, 0.3) is 0 Å². The fourth-order valence-corrected chi connectivity index (χ4v) is 3.82. The average molecular weight is 378 g/mol. The van der Waals surface area contributed by atoms with Crippen LogP contribution in [0.3, 0.4) is 0 Å². The topological polar surface area (TPSA) is 55.4 Å². The maximum Gasteiger partial charge on any atom is 0.306 e. The fourth-order valence-electron chi connectivity index (χ4n) is 3.82. The van der Waals surface area contributed by atoms with Crippen LogP contribution < -0.4 is 5.32 Å². The van der Waals surface area contributed by atoms with Crippen LogP contribution in [-0.4, -0.2) is 24.5 Å². The largest absolute Gasteiger partial charge is 0.463 e. The van der Waals surface area contributed by atoms with Crippen molar-refractivity contribution in [2.75, 3.05) is 6.54 Å². The van der Waals surface area contributed by atoms with Crippen molar-refractivity contribution in [3.8, 4) is 0 Å². The highest BCUT2D eigenvalue weighted by Gasteiger charge is 2.39. The summed E-state index contributed by atoms with van der Waals surface area (Å²) in [6.45, 7) is 4.26. The van der Waals surface area contributed by atoms with E-state index in [1.165, 1.54) is 12.1 Å². The molecule has 5 heteroatoms. The van der Waals surface area contributed by atoms with Gasteiger partial charge in [0.2, 0.25) is 5.91 Å². The Morgan fingerprint density at radius 1 is 1.15 bits per heavy atom. The number of hydrogen-bond donors (Lipinski definition) is 1. The molecule has 1 saturated carbocycles. The first kappa shape index (κ1) is 21.4. The SMILES string of the molecule is CC(C)OC(=O)CCC1(C(=O)NCCCc2ccc(F)cc2)CCCCC1. The molecular formula is C22H32FNO3. The number of benzene rings is 1. The first-order valence-corrected chi connectivity index (χ1v) is 10.1. The van der Waals surface area contributed by atoms with E-state index in [2.05, 4.69) is 5.32 Å². The van der Waals surface area contributed by atoms with Gasteiger partial charge in [0.15, 0.2) is 0 Å². The second-order valence-electron chi connectivity index (χ2n) is 7.87. The highest BCUT2D eigenvalue weighted by molar-refractivity contribution is 5.83. The molecule has 2 rings (SSSR count). The minimum Gasteiger partial charge on any atom is -0.463 e. The maximum absolute atomic E-state index is 12.9. The molecule has 0 atom stereocenters. The number of halogens is 1. The molecule has 0 unspecified atom stereocenters. The Hall–Kier alpha value is -1.91. The summed E-state index contributed by atoms with van der Waals surface area (Å²) in [5.74, 6) is -0.389. The van der Waals surface area contributed by atoms with Crippen LogP contribution in [0.15, 0.2) is 24.3 Å². The van der Waals surface area contributed by atoms with Gasteiger partial charge < -0.3 is 10.1 Å². The van der Waals surface area contributed by atoms with Crippen molar-refractivity contribution in [1.29, 1.82) is 0 Å². The van der Waals surface area contributed by atoms with Crippen LogP contribution in [0.2, 0.25) is 0 Å². The van der Waals surface area contributed by atoms with E-state index in [0.29, 0.717) is 19.4 Å². The number of carbonyl (C=O) groups excluding carboxylic acids is 2. The number of carbonyl (C=O) groups is 2. The van der Waals surface area contributed by atoms with E-state index in [9.17, 15) is 14.0 Å².